The Morgan fingerprint density at radius 2 is 2.07 bits per heavy atom. The fraction of sp³-hybridized carbons (Fsp3) is 0.455. The quantitative estimate of drug-likeness (QED) is 0.796. The van der Waals surface area contributed by atoms with Gasteiger partial charge < -0.3 is 9.64 Å². The summed E-state index contributed by atoms with van der Waals surface area (Å²) in [6.45, 7) is 0. The van der Waals surface area contributed by atoms with Gasteiger partial charge in [0.1, 0.15) is 5.75 Å². The van der Waals surface area contributed by atoms with Gasteiger partial charge in [-0.2, -0.15) is 0 Å². The van der Waals surface area contributed by atoms with Crippen LogP contribution < -0.4 is 9.64 Å². The van der Waals surface area contributed by atoms with Crippen LogP contribution >= 0.6 is 22.6 Å². The van der Waals surface area contributed by atoms with Gasteiger partial charge in [-0.3, -0.25) is 0 Å². The molecule has 1 fully saturated rings. The summed E-state index contributed by atoms with van der Waals surface area (Å²) in [6.07, 6.45) is 2.88. The zero-order valence-corrected chi connectivity index (χ0v) is 10.6. The molecule has 0 unspecified atom stereocenters. The van der Waals surface area contributed by atoms with E-state index < -0.39 is 0 Å². The van der Waals surface area contributed by atoms with Crippen LogP contribution in [-0.2, 0) is 0 Å². The first-order chi connectivity index (χ1) is 6.66. The summed E-state index contributed by atoms with van der Waals surface area (Å²) in [5.41, 5.74) is 1.16. The number of nitrogens with zero attached hydrogens (tertiary/aromatic N) is 1. The zero-order valence-electron chi connectivity index (χ0n) is 8.46. The van der Waals surface area contributed by atoms with E-state index in [2.05, 4.69) is 45.7 Å². The molecule has 3 heteroatoms. The van der Waals surface area contributed by atoms with Crippen LogP contribution in [0.4, 0.5) is 5.69 Å². The SMILES string of the molecule is CN(C)c1ccc(I)cc1OC1CC1. The van der Waals surface area contributed by atoms with Gasteiger partial charge in [-0.05, 0) is 53.6 Å². The van der Waals surface area contributed by atoms with Gasteiger partial charge in [0.15, 0.2) is 0 Å². The highest BCUT2D eigenvalue weighted by Gasteiger charge is 2.24. The van der Waals surface area contributed by atoms with E-state index in [4.69, 9.17) is 4.74 Å². The Kier molecular flexibility index (Phi) is 2.85. The van der Waals surface area contributed by atoms with Gasteiger partial charge in [-0.25, -0.2) is 0 Å². The van der Waals surface area contributed by atoms with Crippen molar-refractivity contribution in [3.05, 3.63) is 21.8 Å². The molecule has 1 aliphatic carbocycles. The van der Waals surface area contributed by atoms with E-state index in [1.54, 1.807) is 0 Å². The van der Waals surface area contributed by atoms with Gasteiger partial charge in [-0.15, -0.1) is 0 Å². The number of hydrogen-bond donors (Lipinski definition) is 0. The van der Waals surface area contributed by atoms with Gasteiger partial charge in [0.05, 0.1) is 11.8 Å². The maximum atomic E-state index is 5.85. The van der Waals surface area contributed by atoms with Crippen molar-refractivity contribution in [3.8, 4) is 5.75 Å². The highest BCUT2D eigenvalue weighted by molar-refractivity contribution is 14.1. The lowest BCUT2D eigenvalue weighted by Crippen LogP contribution is -2.11. The molecule has 0 amide bonds. The third-order valence-electron chi connectivity index (χ3n) is 2.22. The van der Waals surface area contributed by atoms with Crippen molar-refractivity contribution in [1.82, 2.24) is 0 Å². The number of ether oxygens (including phenoxy) is 1. The Balaban J connectivity index is 2.27. The molecule has 76 valence electrons. The Labute approximate surface area is 98.4 Å². The molecular formula is C11H14INO. The van der Waals surface area contributed by atoms with Gasteiger partial charge in [0.2, 0.25) is 0 Å². The number of hydrogen-bond acceptors (Lipinski definition) is 2. The van der Waals surface area contributed by atoms with E-state index in [1.165, 1.54) is 16.4 Å². The molecule has 1 aliphatic rings. The van der Waals surface area contributed by atoms with E-state index in [9.17, 15) is 0 Å². The lowest BCUT2D eigenvalue weighted by atomic mass is 10.3. The van der Waals surface area contributed by atoms with Crippen LogP contribution in [0.3, 0.4) is 0 Å². The maximum absolute atomic E-state index is 5.85. The summed E-state index contributed by atoms with van der Waals surface area (Å²) in [5.74, 6) is 1.02. The lowest BCUT2D eigenvalue weighted by Gasteiger charge is -2.17. The first-order valence-electron chi connectivity index (χ1n) is 4.80. The number of halogens is 1. The second-order valence-electron chi connectivity index (χ2n) is 3.82. The van der Waals surface area contributed by atoms with Crippen molar-refractivity contribution >= 4 is 28.3 Å². The average molecular weight is 303 g/mol. The van der Waals surface area contributed by atoms with Gasteiger partial charge in [0, 0.05) is 17.7 Å². The summed E-state index contributed by atoms with van der Waals surface area (Å²) < 4.78 is 7.08. The molecule has 0 spiro atoms. The molecular weight excluding hydrogens is 289 g/mol. The van der Waals surface area contributed by atoms with Crippen LogP contribution in [0.1, 0.15) is 12.8 Å². The van der Waals surface area contributed by atoms with Crippen molar-refractivity contribution < 1.29 is 4.74 Å². The first kappa shape index (κ1) is 10.1. The highest BCUT2D eigenvalue weighted by Crippen LogP contribution is 2.34. The summed E-state index contributed by atoms with van der Waals surface area (Å²) in [4.78, 5) is 2.09. The number of anilines is 1. The lowest BCUT2D eigenvalue weighted by molar-refractivity contribution is 0.304. The molecule has 0 saturated heterocycles. The smallest absolute Gasteiger partial charge is 0.144 e. The molecule has 2 nitrogen and oxygen atoms in total. The Morgan fingerprint density at radius 1 is 1.36 bits per heavy atom. The third kappa shape index (κ3) is 2.32. The van der Waals surface area contributed by atoms with Crippen molar-refractivity contribution in [1.29, 1.82) is 0 Å². The van der Waals surface area contributed by atoms with Crippen molar-refractivity contribution in [3.63, 3.8) is 0 Å². The summed E-state index contributed by atoms with van der Waals surface area (Å²) in [5, 5.41) is 0. The topological polar surface area (TPSA) is 12.5 Å². The molecule has 1 saturated carbocycles. The molecule has 1 aromatic carbocycles. The molecule has 0 aromatic heterocycles. The standard InChI is InChI=1S/C11H14INO/c1-13(2)10-6-3-8(12)7-11(10)14-9-4-5-9/h3,6-7,9H,4-5H2,1-2H3. The minimum absolute atomic E-state index is 0.465. The molecule has 2 rings (SSSR count). The van der Waals surface area contributed by atoms with Crippen LogP contribution in [0.15, 0.2) is 18.2 Å². The normalized spacial score (nSPS) is 15.4. The average Bonchev–Trinajstić information content (AvgIpc) is 2.87. The fourth-order valence-electron chi connectivity index (χ4n) is 1.32. The van der Waals surface area contributed by atoms with Gasteiger partial charge in [0.25, 0.3) is 0 Å². The molecule has 1 aromatic rings. The van der Waals surface area contributed by atoms with Crippen LogP contribution in [-0.4, -0.2) is 20.2 Å². The predicted octanol–water partition coefficient (Wildman–Crippen LogP) is 2.90. The molecule has 0 aliphatic heterocycles. The number of rotatable bonds is 3. The van der Waals surface area contributed by atoms with Crippen molar-refractivity contribution in [2.75, 3.05) is 19.0 Å². The summed E-state index contributed by atoms with van der Waals surface area (Å²) in [6, 6.07) is 6.32. The fourth-order valence-corrected chi connectivity index (χ4v) is 1.78. The van der Waals surface area contributed by atoms with Gasteiger partial charge >= 0.3 is 0 Å². The largest absolute Gasteiger partial charge is 0.488 e. The van der Waals surface area contributed by atoms with E-state index in [-0.39, 0.29) is 0 Å². The van der Waals surface area contributed by atoms with Crippen molar-refractivity contribution in [2.24, 2.45) is 0 Å². The molecule has 0 atom stereocenters. The van der Waals surface area contributed by atoms with E-state index in [1.807, 2.05) is 14.1 Å². The predicted molar refractivity (Wildman–Crippen MR) is 67.1 cm³/mol. The minimum atomic E-state index is 0.465. The van der Waals surface area contributed by atoms with E-state index >= 15 is 0 Å². The van der Waals surface area contributed by atoms with Crippen LogP contribution in [0.2, 0.25) is 0 Å². The molecule has 14 heavy (non-hydrogen) atoms. The summed E-state index contributed by atoms with van der Waals surface area (Å²) in [7, 11) is 4.09. The number of benzene rings is 1. The molecule has 0 heterocycles. The molecule has 0 bridgehead atoms. The van der Waals surface area contributed by atoms with Crippen LogP contribution in [0.5, 0.6) is 5.75 Å². The highest BCUT2D eigenvalue weighted by atomic mass is 127. The van der Waals surface area contributed by atoms with Crippen molar-refractivity contribution in [2.45, 2.75) is 18.9 Å². The Hall–Kier alpha value is -0.450. The zero-order chi connectivity index (χ0) is 10.1. The monoisotopic (exact) mass is 303 g/mol. The molecule has 0 radical (unpaired) electrons. The van der Waals surface area contributed by atoms with E-state index in [0.717, 1.165) is 11.4 Å². The second kappa shape index (κ2) is 3.96. The van der Waals surface area contributed by atoms with Gasteiger partial charge in [-0.1, -0.05) is 0 Å². The Bertz CT molecular complexity index is 334. The molecule has 0 N–H and O–H groups in total. The second-order valence-corrected chi connectivity index (χ2v) is 5.07. The van der Waals surface area contributed by atoms with Crippen LogP contribution in [0.25, 0.3) is 0 Å². The minimum Gasteiger partial charge on any atom is -0.488 e. The first-order valence-corrected chi connectivity index (χ1v) is 5.88. The Morgan fingerprint density at radius 3 is 2.64 bits per heavy atom. The van der Waals surface area contributed by atoms with E-state index in [0.29, 0.717) is 6.10 Å². The van der Waals surface area contributed by atoms with Crippen LogP contribution in [0, 0.1) is 3.57 Å². The summed E-state index contributed by atoms with van der Waals surface area (Å²) >= 11 is 2.31. The third-order valence-corrected chi connectivity index (χ3v) is 2.89. The maximum Gasteiger partial charge on any atom is 0.144 e.